The lowest BCUT2D eigenvalue weighted by atomic mass is 10.2. The van der Waals surface area contributed by atoms with Gasteiger partial charge >= 0.3 is 0 Å². The van der Waals surface area contributed by atoms with Crippen LogP contribution in [-0.4, -0.2) is 52.1 Å². The molecule has 0 fully saturated rings. The van der Waals surface area contributed by atoms with Gasteiger partial charge in [0.15, 0.2) is 0 Å². The predicted molar refractivity (Wildman–Crippen MR) is 71.0 cm³/mol. The first-order chi connectivity index (χ1) is 8.22. The average Bonchev–Trinajstić information content (AvgIpc) is 2.23. The molecule has 7 heteroatoms. The van der Waals surface area contributed by atoms with Crippen LogP contribution in [0.1, 0.15) is 20.3 Å². The van der Waals surface area contributed by atoms with Crippen molar-refractivity contribution in [1.29, 1.82) is 0 Å². The van der Waals surface area contributed by atoms with Gasteiger partial charge < -0.3 is 15.8 Å². The molecule has 6 nitrogen and oxygen atoms in total. The first-order valence-corrected chi connectivity index (χ1v) is 8.07. The highest BCUT2D eigenvalue weighted by Gasteiger charge is 2.15. The molecule has 0 saturated carbocycles. The van der Waals surface area contributed by atoms with Crippen LogP contribution < -0.4 is 11.1 Å². The third-order valence-electron chi connectivity index (χ3n) is 2.13. The van der Waals surface area contributed by atoms with Crippen molar-refractivity contribution in [1.82, 2.24) is 5.32 Å². The van der Waals surface area contributed by atoms with E-state index in [1.54, 1.807) is 0 Å². The van der Waals surface area contributed by atoms with Crippen LogP contribution in [0.5, 0.6) is 0 Å². The lowest BCUT2D eigenvalue weighted by Gasteiger charge is -2.12. The Morgan fingerprint density at radius 3 is 2.50 bits per heavy atom. The van der Waals surface area contributed by atoms with Gasteiger partial charge in [0.05, 0.1) is 18.4 Å². The zero-order valence-corrected chi connectivity index (χ0v) is 12.1. The molecule has 18 heavy (non-hydrogen) atoms. The number of carbonyl (C=O) groups excluding carboxylic acids is 1. The van der Waals surface area contributed by atoms with Crippen LogP contribution in [0.2, 0.25) is 0 Å². The Balaban J connectivity index is 3.69. The molecular formula is C11H24N2O4S. The van der Waals surface area contributed by atoms with Crippen LogP contribution in [0.15, 0.2) is 0 Å². The molecule has 0 heterocycles. The van der Waals surface area contributed by atoms with Crippen molar-refractivity contribution in [2.45, 2.75) is 26.3 Å². The number of amides is 1. The van der Waals surface area contributed by atoms with E-state index in [1.165, 1.54) is 0 Å². The van der Waals surface area contributed by atoms with E-state index in [0.717, 1.165) is 6.26 Å². The summed E-state index contributed by atoms with van der Waals surface area (Å²) in [6.07, 6.45) is 1.26. The molecule has 0 spiro atoms. The number of ether oxygens (including phenoxy) is 1. The fraction of sp³-hybridized carbons (Fsp3) is 0.909. The highest BCUT2D eigenvalue weighted by atomic mass is 32.2. The van der Waals surface area contributed by atoms with E-state index < -0.39 is 15.9 Å². The lowest BCUT2D eigenvalue weighted by Crippen LogP contribution is -2.42. The SMILES string of the molecule is CC(C)COCCNC(=O)C(N)CCS(C)(=O)=O. The summed E-state index contributed by atoms with van der Waals surface area (Å²) < 4.78 is 27.1. The van der Waals surface area contributed by atoms with Crippen molar-refractivity contribution >= 4 is 15.7 Å². The smallest absolute Gasteiger partial charge is 0.237 e. The summed E-state index contributed by atoms with van der Waals surface area (Å²) in [4.78, 5) is 11.5. The van der Waals surface area contributed by atoms with Gasteiger partial charge in [-0.3, -0.25) is 4.79 Å². The summed E-state index contributed by atoms with van der Waals surface area (Å²) in [5, 5.41) is 2.61. The van der Waals surface area contributed by atoms with Crippen LogP contribution in [-0.2, 0) is 19.4 Å². The molecule has 0 aromatic heterocycles. The van der Waals surface area contributed by atoms with Gasteiger partial charge in [0, 0.05) is 19.4 Å². The third-order valence-corrected chi connectivity index (χ3v) is 3.11. The number of nitrogens with one attached hydrogen (secondary N) is 1. The van der Waals surface area contributed by atoms with Crippen molar-refractivity contribution in [3.8, 4) is 0 Å². The first kappa shape index (κ1) is 17.3. The average molecular weight is 280 g/mol. The zero-order chi connectivity index (χ0) is 14.2. The monoisotopic (exact) mass is 280 g/mol. The summed E-state index contributed by atoms with van der Waals surface area (Å²) in [5.74, 6) is 0.0374. The van der Waals surface area contributed by atoms with Crippen LogP contribution >= 0.6 is 0 Å². The van der Waals surface area contributed by atoms with Gasteiger partial charge in [-0.15, -0.1) is 0 Å². The first-order valence-electron chi connectivity index (χ1n) is 6.01. The second kappa shape index (κ2) is 8.44. The highest BCUT2D eigenvalue weighted by Crippen LogP contribution is 1.94. The van der Waals surface area contributed by atoms with Crippen LogP contribution in [0, 0.1) is 5.92 Å². The molecular weight excluding hydrogens is 256 g/mol. The zero-order valence-electron chi connectivity index (χ0n) is 11.3. The number of hydrogen-bond donors (Lipinski definition) is 2. The van der Waals surface area contributed by atoms with Gasteiger partial charge in [-0.05, 0) is 12.3 Å². The van der Waals surface area contributed by atoms with Crippen molar-refractivity contribution in [3.05, 3.63) is 0 Å². The Kier molecular flexibility index (Phi) is 8.13. The minimum atomic E-state index is -3.08. The maximum atomic E-state index is 11.5. The van der Waals surface area contributed by atoms with Gasteiger partial charge in [-0.1, -0.05) is 13.8 Å². The standard InChI is InChI=1S/C11H24N2O4S/c1-9(2)8-17-6-5-13-11(14)10(12)4-7-18(3,15)16/h9-10H,4-8,12H2,1-3H3,(H,13,14). The summed E-state index contributed by atoms with van der Waals surface area (Å²) in [6, 6.07) is -0.787. The summed E-state index contributed by atoms with van der Waals surface area (Å²) in [7, 11) is -3.08. The molecule has 3 N–H and O–H groups in total. The molecule has 0 aromatic rings. The van der Waals surface area contributed by atoms with Crippen molar-refractivity contribution < 1.29 is 17.9 Å². The maximum absolute atomic E-state index is 11.5. The third kappa shape index (κ3) is 10.5. The second-order valence-electron chi connectivity index (χ2n) is 4.78. The van der Waals surface area contributed by atoms with Crippen LogP contribution in [0.3, 0.4) is 0 Å². The fourth-order valence-electron chi connectivity index (χ4n) is 1.17. The molecule has 0 bridgehead atoms. The molecule has 0 rings (SSSR count). The van der Waals surface area contributed by atoms with E-state index in [4.69, 9.17) is 10.5 Å². The Morgan fingerprint density at radius 1 is 1.39 bits per heavy atom. The topological polar surface area (TPSA) is 98.5 Å². The molecule has 0 aliphatic rings. The highest BCUT2D eigenvalue weighted by molar-refractivity contribution is 7.90. The molecule has 0 saturated heterocycles. The van der Waals surface area contributed by atoms with Gasteiger partial charge in [-0.2, -0.15) is 0 Å². The maximum Gasteiger partial charge on any atom is 0.237 e. The van der Waals surface area contributed by atoms with Crippen molar-refractivity contribution in [2.24, 2.45) is 11.7 Å². The largest absolute Gasteiger partial charge is 0.379 e. The summed E-state index contributed by atoms with van der Waals surface area (Å²) in [5.41, 5.74) is 5.57. The molecule has 0 aliphatic heterocycles. The number of hydrogen-bond acceptors (Lipinski definition) is 5. The molecule has 0 aliphatic carbocycles. The van der Waals surface area contributed by atoms with Crippen molar-refractivity contribution in [2.75, 3.05) is 31.8 Å². The van der Waals surface area contributed by atoms with E-state index >= 15 is 0 Å². The molecule has 108 valence electrons. The fourth-order valence-corrected chi connectivity index (χ4v) is 1.85. The van der Waals surface area contributed by atoms with Gasteiger partial charge in [0.2, 0.25) is 5.91 Å². The summed E-state index contributed by atoms with van der Waals surface area (Å²) >= 11 is 0. The number of nitrogens with two attached hydrogens (primary N) is 1. The quantitative estimate of drug-likeness (QED) is 0.557. The lowest BCUT2D eigenvalue weighted by molar-refractivity contribution is -0.122. The minimum absolute atomic E-state index is 0.0779. The van der Waals surface area contributed by atoms with E-state index in [1.807, 2.05) is 13.8 Å². The summed E-state index contributed by atoms with van der Waals surface area (Å²) in [6.45, 7) is 5.55. The molecule has 1 unspecified atom stereocenters. The van der Waals surface area contributed by atoms with E-state index in [-0.39, 0.29) is 18.1 Å². The molecule has 0 radical (unpaired) electrons. The number of sulfone groups is 1. The minimum Gasteiger partial charge on any atom is -0.379 e. The van der Waals surface area contributed by atoms with Gasteiger partial charge in [0.25, 0.3) is 0 Å². The predicted octanol–water partition coefficient (Wildman–Crippen LogP) is -0.463. The number of carbonyl (C=O) groups is 1. The van der Waals surface area contributed by atoms with E-state index in [9.17, 15) is 13.2 Å². The number of rotatable bonds is 9. The molecule has 1 amide bonds. The Morgan fingerprint density at radius 2 is 2.00 bits per heavy atom. The Hall–Kier alpha value is -0.660. The second-order valence-corrected chi connectivity index (χ2v) is 7.04. The Bertz CT molecular complexity index is 341. The van der Waals surface area contributed by atoms with E-state index in [0.29, 0.717) is 25.7 Å². The Labute approximate surface area is 109 Å². The van der Waals surface area contributed by atoms with Gasteiger partial charge in [-0.25, -0.2) is 8.42 Å². The van der Waals surface area contributed by atoms with Crippen molar-refractivity contribution in [3.63, 3.8) is 0 Å². The van der Waals surface area contributed by atoms with E-state index in [2.05, 4.69) is 5.32 Å². The normalized spacial score (nSPS) is 13.6. The van der Waals surface area contributed by atoms with Gasteiger partial charge in [0.1, 0.15) is 9.84 Å². The molecule has 0 aromatic carbocycles. The molecule has 1 atom stereocenters. The van der Waals surface area contributed by atoms with Crippen LogP contribution in [0.25, 0.3) is 0 Å². The van der Waals surface area contributed by atoms with Crippen LogP contribution in [0.4, 0.5) is 0 Å².